The van der Waals surface area contributed by atoms with Crippen LogP contribution in [0.3, 0.4) is 0 Å². The summed E-state index contributed by atoms with van der Waals surface area (Å²) in [7, 11) is -3.13. The normalized spacial score (nSPS) is 17.8. The van der Waals surface area contributed by atoms with E-state index in [-0.39, 0.29) is 5.78 Å². The van der Waals surface area contributed by atoms with Crippen LogP contribution in [0.25, 0.3) is 0 Å². The molecule has 1 heterocycles. The quantitative estimate of drug-likeness (QED) is 0.760. The molecule has 0 amide bonds. The minimum atomic E-state index is -3.13. The molecule has 116 valence electrons. The monoisotopic (exact) mass is 314 g/mol. The van der Waals surface area contributed by atoms with Crippen LogP contribution in [0.1, 0.15) is 16.8 Å². The Balaban J connectivity index is 1.81. The second kappa shape index (κ2) is 6.64. The Bertz CT molecular complexity index is 610. The van der Waals surface area contributed by atoms with Gasteiger partial charge >= 0.3 is 0 Å². The van der Waals surface area contributed by atoms with Crippen molar-refractivity contribution in [2.75, 3.05) is 39.0 Å². The van der Waals surface area contributed by atoms with Gasteiger partial charge in [-0.15, -0.1) is 0 Å². The molecule has 0 aromatic heterocycles. The largest absolute Gasteiger partial charge is 0.300 e. The van der Waals surface area contributed by atoms with Crippen LogP contribution in [0, 0.1) is 5.82 Å². The van der Waals surface area contributed by atoms with Gasteiger partial charge in [0.15, 0.2) is 5.78 Å². The number of carbonyl (C=O) groups excluding carboxylic acids is 1. The molecule has 1 aromatic carbocycles. The van der Waals surface area contributed by atoms with Crippen molar-refractivity contribution in [2.24, 2.45) is 0 Å². The van der Waals surface area contributed by atoms with Crippen LogP contribution in [0.5, 0.6) is 0 Å². The number of hydrogen-bond donors (Lipinski definition) is 0. The van der Waals surface area contributed by atoms with Gasteiger partial charge in [-0.1, -0.05) is 12.1 Å². The van der Waals surface area contributed by atoms with Gasteiger partial charge in [0.1, 0.15) is 5.82 Å². The number of sulfonamides is 1. The first-order chi connectivity index (χ1) is 9.86. The second-order valence-corrected chi connectivity index (χ2v) is 7.17. The molecule has 0 N–H and O–H groups in total. The summed E-state index contributed by atoms with van der Waals surface area (Å²) in [4.78, 5) is 14.0. The molecule has 21 heavy (non-hydrogen) atoms. The van der Waals surface area contributed by atoms with E-state index in [0.29, 0.717) is 44.7 Å². The zero-order chi connectivity index (χ0) is 15.5. The van der Waals surface area contributed by atoms with E-state index in [1.54, 1.807) is 6.07 Å². The summed E-state index contributed by atoms with van der Waals surface area (Å²) in [5.41, 5.74) is 0.379. The number of halogens is 1. The van der Waals surface area contributed by atoms with Crippen molar-refractivity contribution < 1.29 is 17.6 Å². The Labute approximate surface area is 124 Å². The molecule has 0 spiro atoms. The minimum Gasteiger partial charge on any atom is -0.300 e. The van der Waals surface area contributed by atoms with Crippen molar-refractivity contribution >= 4 is 15.8 Å². The fraction of sp³-hybridized carbons (Fsp3) is 0.500. The molecule has 1 aliphatic rings. The van der Waals surface area contributed by atoms with Gasteiger partial charge < -0.3 is 4.90 Å². The summed E-state index contributed by atoms with van der Waals surface area (Å²) in [5, 5.41) is 0. The van der Waals surface area contributed by atoms with Gasteiger partial charge in [-0.3, -0.25) is 4.79 Å². The lowest BCUT2D eigenvalue weighted by Gasteiger charge is -2.33. The molecule has 0 bridgehead atoms. The summed E-state index contributed by atoms with van der Waals surface area (Å²) >= 11 is 0. The number of nitrogens with zero attached hydrogens (tertiary/aromatic N) is 2. The van der Waals surface area contributed by atoms with Gasteiger partial charge in [-0.2, -0.15) is 4.31 Å². The predicted molar refractivity (Wildman–Crippen MR) is 78.2 cm³/mol. The van der Waals surface area contributed by atoms with Gasteiger partial charge in [-0.25, -0.2) is 12.8 Å². The molecule has 1 aliphatic heterocycles. The van der Waals surface area contributed by atoms with E-state index in [4.69, 9.17) is 0 Å². The Kier molecular flexibility index (Phi) is 5.08. The summed E-state index contributed by atoms with van der Waals surface area (Å²) in [6.07, 6.45) is 1.51. The maximum Gasteiger partial charge on any atom is 0.211 e. The van der Waals surface area contributed by atoms with E-state index < -0.39 is 15.8 Å². The van der Waals surface area contributed by atoms with E-state index in [1.165, 1.54) is 28.8 Å². The molecular weight excluding hydrogens is 295 g/mol. The topological polar surface area (TPSA) is 57.7 Å². The number of rotatable bonds is 5. The summed E-state index contributed by atoms with van der Waals surface area (Å²) in [6, 6.07) is 5.67. The van der Waals surface area contributed by atoms with E-state index >= 15 is 0 Å². The van der Waals surface area contributed by atoms with Gasteiger partial charge in [0.2, 0.25) is 10.0 Å². The van der Waals surface area contributed by atoms with Crippen LogP contribution in [0.15, 0.2) is 24.3 Å². The Morgan fingerprint density at radius 1 is 1.24 bits per heavy atom. The highest BCUT2D eigenvalue weighted by atomic mass is 32.2. The lowest BCUT2D eigenvalue weighted by Crippen LogP contribution is -2.48. The highest BCUT2D eigenvalue weighted by Gasteiger charge is 2.23. The SMILES string of the molecule is CS(=O)(=O)N1CCN(CCC(=O)c2cccc(F)c2)CC1. The lowest BCUT2D eigenvalue weighted by atomic mass is 10.1. The van der Waals surface area contributed by atoms with Crippen molar-refractivity contribution in [3.8, 4) is 0 Å². The number of piperazine rings is 1. The first-order valence-electron chi connectivity index (χ1n) is 6.82. The number of Topliss-reactive ketones (excluding diaryl/α,β-unsaturated/α-hetero) is 1. The molecule has 0 radical (unpaired) electrons. The second-order valence-electron chi connectivity index (χ2n) is 5.19. The van der Waals surface area contributed by atoms with Crippen LogP contribution in [-0.2, 0) is 10.0 Å². The standard InChI is InChI=1S/C14H19FN2O3S/c1-21(19,20)17-9-7-16(8-10-17)6-5-14(18)12-3-2-4-13(15)11-12/h2-4,11H,5-10H2,1H3. The molecule has 0 unspecified atom stereocenters. The van der Waals surface area contributed by atoms with Crippen molar-refractivity contribution in [2.45, 2.75) is 6.42 Å². The highest BCUT2D eigenvalue weighted by Crippen LogP contribution is 2.10. The summed E-state index contributed by atoms with van der Waals surface area (Å²) < 4.78 is 37.3. The van der Waals surface area contributed by atoms with E-state index in [0.717, 1.165) is 0 Å². The molecule has 0 atom stereocenters. The predicted octanol–water partition coefficient (Wildman–Crippen LogP) is 0.976. The summed E-state index contributed by atoms with van der Waals surface area (Å²) in [6.45, 7) is 2.69. The maximum atomic E-state index is 13.1. The fourth-order valence-electron chi connectivity index (χ4n) is 2.35. The number of benzene rings is 1. The van der Waals surface area contributed by atoms with E-state index in [1.807, 2.05) is 0 Å². The first-order valence-corrected chi connectivity index (χ1v) is 8.67. The van der Waals surface area contributed by atoms with Crippen LogP contribution >= 0.6 is 0 Å². The average molecular weight is 314 g/mol. The van der Waals surface area contributed by atoms with Crippen LogP contribution < -0.4 is 0 Å². The van der Waals surface area contributed by atoms with Crippen LogP contribution in [0.2, 0.25) is 0 Å². The number of carbonyl (C=O) groups is 1. The fourth-order valence-corrected chi connectivity index (χ4v) is 3.18. The molecule has 1 saturated heterocycles. The molecule has 2 rings (SSSR count). The number of hydrogen-bond acceptors (Lipinski definition) is 4. The van der Waals surface area contributed by atoms with Crippen LogP contribution in [0.4, 0.5) is 4.39 Å². The van der Waals surface area contributed by atoms with Crippen molar-refractivity contribution in [3.63, 3.8) is 0 Å². The zero-order valence-electron chi connectivity index (χ0n) is 12.0. The van der Waals surface area contributed by atoms with E-state index in [9.17, 15) is 17.6 Å². The Hall–Kier alpha value is -1.31. The van der Waals surface area contributed by atoms with Gasteiger partial charge in [0.25, 0.3) is 0 Å². The third kappa shape index (κ3) is 4.59. The molecular formula is C14H19FN2O3S. The number of ketones is 1. The molecule has 1 fully saturated rings. The molecule has 0 saturated carbocycles. The third-order valence-corrected chi connectivity index (χ3v) is 4.91. The highest BCUT2D eigenvalue weighted by molar-refractivity contribution is 7.88. The first kappa shape index (κ1) is 16.1. The van der Waals surface area contributed by atoms with E-state index in [2.05, 4.69) is 4.90 Å². The third-order valence-electron chi connectivity index (χ3n) is 3.60. The Morgan fingerprint density at radius 2 is 1.90 bits per heavy atom. The lowest BCUT2D eigenvalue weighted by molar-refractivity contribution is 0.0952. The molecule has 7 heteroatoms. The average Bonchev–Trinajstić information content (AvgIpc) is 2.44. The molecule has 1 aromatic rings. The van der Waals surface area contributed by atoms with Crippen molar-refractivity contribution in [1.82, 2.24) is 9.21 Å². The minimum absolute atomic E-state index is 0.0972. The zero-order valence-corrected chi connectivity index (χ0v) is 12.8. The van der Waals surface area contributed by atoms with Gasteiger partial charge in [0, 0.05) is 44.7 Å². The van der Waals surface area contributed by atoms with Crippen molar-refractivity contribution in [1.29, 1.82) is 0 Å². The van der Waals surface area contributed by atoms with Crippen LogP contribution in [-0.4, -0.2) is 62.4 Å². The van der Waals surface area contributed by atoms with Gasteiger partial charge in [-0.05, 0) is 12.1 Å². The molecule has 0 aliphatic carbocycles. The van der Waals surface area contributed by atoms with Crippen molar-refractivity contribution in [3.05, 3.63) is 35.6 Å². The smallest absolute Gasteiger partial charge is 0.211 e. The Morgan fingerprint density at radius 3 is 2.48 bits per heavy atom. The van der Waals surface area contributed by atoms with Gasteiger partial charge in [0.05, 0.1) is 6.26 Å². The summed E-state index contributed by atoms with van der Waals surface area (Å²) in [5.74, 6) is -0.511. The molecule has 5 nitrogen and oxygen atoms in total. The maximum absolute atomic E-state index is 13.1.